The van der Waals surface area contributed by atoms with E-state index in [-0.39, 0.29) is 22.5 Å². The van der Waals surface area contributed by atoms with Gasteiger partial charge in [-0.2, -0.15) is 13.2 Å². The van der Waals surface area contributed by atoms with E-state index >= 15 is 0 Å². The minimum absolute atomic E-state index is 0. The number of fused-ring (bicyclic) bond motifs is 1. The molecule has 6 nitrogen and oxygen atoms in total. The molecule has 32 heavy (non-hydrogen) atoms. The van der Waals surface area contributed by atoms with E-state index in [1.54, 1.807) is 0 Å². The number of benzene rings is 1. The highest BCUT2D eigenvalue weighted by atomic mass is 35.5. The fourth-order valence-electron chi connectivity index (χ4n) is 4.57. The van der Waals surface area contributed by atoms with Crippen LogP contribution in [-0.2, 0) is 6.18 Å². The second kappa shape index (κ2) is 9.93. The first-order valence-corrected chi connectivity index (χ1v) is 11.3. The monoisotopic (exact) mass is 491 g/mol. The summed E-state index contributed by atoms with van der Waals surface area (Å²) in [6, 6.07) is 2.55. The topological polar surface area (TPSA) is 66.7 Å². The number of nitro groups is 1. The number of rotatable bonds is 4. The highest BCUT2D eigenvalue weighted by molar-refractivity contribution is 7.22. The number of alkyl halides is 3. The Kier molecular flexibility index (Phi) is 7.67. The lowest BCUT2D eigenvalue weighted by Gasteiger charge is -2.38. The molecule has 1 saturated carbocycles. The van der Waals surface area contributed by atoms with Crippen LogP contribution >= 0.6 is 23.7 Å². The molecule has 176 valence electrons. The van der Waals surface area contributed by atoms with Crippen LogP contribution in [0.4, 0.5) is 23.9 Å². The molecular weight excluding hydrogens is 467 g/mol. The molecule has 4 rings (SSSR count). The Hall–Kier alpha value is -1.91. The first kappa shape index (κ1) is 24.7. The third-order valence-corrected chi connectivity index (χ3v) is 7.46. The van der Waals surface area contributed by atoms with Crippen molar-refractivity contribution < 1.29 is 18.1 Å². The lowest BCUT2D eigenvalue weighted by molar-refractivity contribution is -0.383. The Morgan fingerprint density at radius 3 is 2.31 bits per heavy atom. The van der Waals surface area contributed by atoms with Crippen molar-refractivity contribution in [2.45, 2.75) is 38.3 Å². The first-order valence-electron chi connectivity index (χ1n) is 10.5. The van der Waals surface area contributed by atoms with Crippen molar-refractivity contribution in [1.82, 2.24) is 4.90 Å². The maximum Gasteiger partial charge on any atom is 0.416 e. The van der Waals surface area contributed by atoms with Gasteiger partial charge in [-0.15, -0.1) is 23.7 Å². The summed E-state index contributed by atoms with van der Waals surface area (Å²) in [5, 5.41) is 11.8. The molecule has 1 aliphatic heterocycles. The van der Waals surface area contributed by atoms with Crippen LogP contribution < -0.4 is 10.3 Å². The van der Waals surface area contributed by atoms with Crippen LogP contribution in [0.5, 0.6) is 0 Å². The predicted molar refractivity (Wildman–Crippen MR) is 122 cm³/mol. The van der Waals surface area contributed by atoms with Gasteiger partial charge in [-0.1, -0.05) is 19.3 Å². The molecule has 1 aromatic carbocycles. The van der Waals surface area contributed by atoms with Gasteiger partial charge in [-0.05, 0) is 24.8 Å². The molecule has 0 N–H and O–H groups in total. The molecule has 0 unspecified atom stereocenters. The van der Waals surface area contributed by atoms with Crippen molar-refractivity contribution in [2.24, 2.45) is 5.92 Å². The van der Waals surface area contributed by atoms with Gasteiger partial charge in [0.1, 0.15) is 4.70 Å². The summed E-state index contributed by atoms with van der Waals surface area (Å²) in [4.78, 5) is 27.6. The van der Waals surface area contributed by atoms with Crippen LogP contribution in [0.15, 0.2) is 23.0 Å². The minimum atomic E-state index is -4.76. The molecule has 0 radical (unpaired) electrons. The van der Waals surface area contributed by atoms with Crippen molar-refractivity contribution in [3.8, 4) is 0 Å². The second-order valence-electron chi connectivity index (χ2n) is 8.37. The average Bonchev–Trinajstić information content (AvgIpc) is 2.73. The van der Waals surface area contributed by atoms with Gasteiger partial charge in [0.15, 0.2) is 5.43 Å². The van der Waals surface area contributed by atoms with E-state index in [9.17, 15) is 28.1 Å². The molecule has 0 bridgehead atoms. The molecule has 1 saturated heterocycles. The molecular formula is C21H25ClF3N3O3S. The molecule has 0 spiro atoms. The third-order valence-electron chi connectivity index (χ3n) is 6.25. The number of hydrogen-bond donors (Lipinski definition) is 0. The van der Waals surface area contributed by atoms with E-state index in [0.717, 1.165) is 36.9 Å². The minimum Gasteiger partial charge on any atom is -0.361 e. The number of hydrogen-bond acceptors (Lipinski definition) is 6. The van der Waals surface area contributed by atoms with E-state index < -0.39 is 27.8 Å². The van der Waals surface area contributed by atoms with Gasteiger partial charge >= 0.3 is 6.18 Å². The smallest absolute Gasteiger partial charge is 0.361 e. The van der Waals surface area contributed by atoms with Crippen LogP contribution in [0.1, 0.15) is 37.7 Å². The van der Waals surface area contributed by atoms with Crippen molar-refractivity contribution in [2.75, 3.05) is 37.6 Å². The number of anilines is 1. The van der Waals surface area contributed by atoms with Gasteiger partial charge in [0.25, 0.3) is 5.69 Å². The molecule has 11 heteroatoms. The van der Waals surface area contributed by atoms with Gasteiger partial charge in [0.05, 0.1) is 15.5 Å². The fraction of sp³-hybridized carbons (Fsp3) is 0.571. The molecule has 2 aliphatic rings. The highest BCUT2D eigenvalue weighted by Gasteiger charge is 2.34. The maximum atomic E-state index is 13.1. The quantitative estimate of drug-likeness (QED) is 0.428. The van der Waals surface area contributed by atoms with E-state index in [2.05, 4.69) is 4.90 Å². The van der Waals surface area contributed by atoms with Crippen LogP contribution in [0.25, 0.3) is 10.1 Å². The summed E-state index contributed by atoms with van der Waals surface area (Å²) >= 11 is 1.02. The molecule has 0 atom stereocenters. The van der Waals surface area contributed by atoms with Crippen molar-refractivity contribution >= 4 is 44.5 Å². The Bertz CT molecular complexity index is 1030. The molecule has 2 aromatic rings. The Morgan fingerprint density at radius 2 is 1.72 bits per heavy atom. The zero-order chi connectivity index (χ0) is 22.2. The van der Waals surface area contributed by atoms with Gasteiger partial charge in [-0.25, -0.2) is 0 Å². The van der Waals surface area contributed by atoms with E-state index in [0.29, 0.717) is 30.2 Å². The summed E-state index contributed by atoms with van der Waals surface area (Å²) in [6.45, 7) is 4.12. The largest absolute Gasteiger partial charge is 0.416 e. The first-order chi connectivity index (χ1) is 14.7. The highest BCUT2D eigenvalue weighted by Crippen LogP contribution is 2.39. The lowest BCUT2D eigenvalue weighted by Crippen LogP contribution is -2.48. The number of halogens is 4. The van der Waals surface area contributed by atoms with Crippen molar-refractivity contribution in [3.05, 3.63) is 44.1 Å². The average molecular weight is 492 g/mol. The third kappa shape index (κ3) is 5.35. The number of non-ortho nitro benzene ring substituents is 1. The molecule has 2 heterocycles. The zero-order valence-corrected chi connectivity index (χ0v) is 19.0. The maximum absolute atomic E-state index is 13.1. The van der Waals surface area contributed by atoms with Gasteiger partial charge in [0.2, 0.25) is 0 Å². The Morgan fingerprint density at radius 1 is 1.06 bits per heavy atom. The molecule has 2 fully saturated rings. The molecule has 0 amide bonds. The van der Waals surface area contributed by atoms with E-state index in [1.165, 1.54) is 38.2 Å². The summed E-state index contributed by atoms with van der Waals surface area (Å²) in [5.41, 5.74) is -2.48. The normalized spacial score (nSPS) is 18.5. The van der Waals surface area contributed by atoms with E-state index in [4.69, 9.17) is 0 Å². The lowest BCUT2D eigenvalue weighted by atomic mass is 9.89. The standard InChI is InChI=1S/C21H24F3N3O3S.ClH/c22-21(23,24)15-10-16-18(28)12-19(31-20(16)17(11-15)27(29)30)26-8-6-25(7-9-26)13-14-4-2-1-3-5-14;/h10-12,14H,1-9,13H2;1H. The Labute approximate surface area is 193 Å². The van der Waals surface area contributed by atoms with Crippen molar-refractivity contribution in [3.63, 3.8) is 0 Å². The number of nitro benzene ring substituents is 1. The van der Waals surface area contributed by atoms with Crippen molar-refractivity contribution in [1.29, 1.82) is 0 Å². The van der Waals surface area contributed by atoms with Crippen LogP contribution in [-0.4, -0.2) is 42.5 Å². The number of nitrogens with zero attached hydrogens (tertiary/aromatic N) is 3. The van der Waals surface area contributed by atoms with E-state index in [1.807, 2.05) is 4.90 Å². The summed E-state index contributed by atoms with van der Waals surface area (Å²) in [6.07, 6.45) is 1.70. The summed E-state index contributed by atoms with van der Waals surface area (Å²) in [7, 11) is 0. The fourth-order valence-corrected chi connectivity index (χ4v) is 5.76. The van der Waals surface area contributed by atoms with Gasteiger partial charge in [0, 0.05) is 50.2 Å². The molecule has 1 aromatic heterocycles. The number of piperazine rings is 1. The Balaban J connectivity index is 0.00000289. The molecule has 1 aliphatic carbocycles. The zero-order valence-electron chi connectivity index (χ0n) is 17.4. The SMILES string of the molecule is Cl.O=c1cc(N2CCN(CC3CCCCC3)CC2)sc2c([N+](=O)[O-])cc(C(F)(F)F)cc12. The van der Waals surface area contributed by atoms with Crippen LogP contribution in [0.2, 0.25) is 0 Å². The second-order valence-corrected chi connectivity index (χ2v) is 9.40. The van der Waals surface area contributed by atoms with Gasteiger partial charge in [-0.3, -0.25) is 19.8 Å². The van der Waals surface area contributed by atoms with Crippen LogP contribution in [0.3, 0.4) is 0 Å². The van der Waals surface area contributed by atoms with Crippen LogP contribution in [0, 0.1) is 16.0 Å². The van der Waals surface area contributed by atoms with Gasteiger partial charge < -0.3 is 4.90 Å². The predicted octanol–water partition coefficient (Wildman–Crippen LogP) is 5.31. The summed E-state index contributed by atoms with van der Waals surface area (Å²) < 4.78 is 39.4. The summed E-state index contributed by atoms with van der Waals surface area (Å²) in [5.74, 6) is 0.738.